The van der Waals surface area contributed by atoms with E-state index in [2.05, 4.69) is 0 Å². The number of ketones is 1. The second-order valence-electron chi connectivity index (χ2n) is 2.58. The summed E-state index contributed by atoms with van der Waals surface area (Å²) in [5.41, 5.74) is 0.493. The van der Waals surface area contributed by atoms with Crippen LogP contribution < -0.4 is 0 Å². The molecule has 0 heterocycles. The van der Waals surface area contributed by atoms with Gasteiger partial charge in [-0.3, -0.25) is 9.59 Å². The van der Waals surface area contributed by atoms with Gasteiger partial charge in [0.05, 0.1) is 0 Å². The zero-order chi connectivity index (χ0) is 9.84. The monoisotopic (exact) mass is 180 g/mol. The Hall–Kier alpha value is -1.84. The number of hydrogen-bond acceptors (Lipinski definition) is 4. The molecule has 4 nitrogen and oxygen atoms in total. The lowest BCUT2D eigenvalue weighted by Gasteiger charge is -1.99. The minimum Gasteiger partial charge on any atom is -0.504 e. The predicted molar refractivity (Wildman–Crippen MR) is 44.5 cm³/mol. The van der Waals surface area contributed by atoms with E-state index in [1.54, 1.807) is 0 Å². The van der Waals surface area contributed by atoms with Gasteiger partial charge in [-0.2, -0.15) is 0 Å². The van der Waals surface area contributed by atoms with Crippen molar-refractivity contribution in [2.45, 2.75) is 6.42 Å². The lowest BCUT2D eigenvalue weighted by atomic mass is 10.1. The van der Waals surface area contributed by atoms with Gasteiger partial charge in [-0.1, -0.05) is 6.07 Å². The van der Waals surface area contributed by atoms with Crippen LogP contribution in [0.2, 0.25) is 0 Å². The molecular formula is C9H8O4. The molecule has 0 aromatic heterocycles. The molecule has 0 unspecified atom stereocenters. The number of phenols is 2. The third-order valence-corrected chi connectivity index (χ3v) is 1.55. The number of rotatable bonds is 3. The number of Topliss-reactive ketones (excluding diaryl/α,β-unsaturated/α-hetero) is 1. The highest BCUT2D eigenvalue weighted by atomic mass is 16.3. The summed E-state index contributed by atoms with van der Waals surface area (Å²) in [5, 5.41) is 18.0. The van der Waals surface area contributed by atoms with E-state index in [1.807, 2.05) is 0 Å². The number of carbonyl (C=O) groups is 2. The van der Waals surface area contributed by atoms with Crippen molar-refractivity contribution >= 4 is 12.1 Å². The molecule has 0 atom stereocenters. The van der Waals surface area contributed by atoms with E-state index >= 15 is 0 Å². The van der Waals surface area contributed by atoms with Gasteiger partial charge >= 0.3 is 0 Å². The molecule has 4 heteroatoms. The molecule has 1 aromatic rings. The van der Waals surface area contributed by atoms with Crippen molar-refractivity contribution < 1.29 is 19.8 Å². The van der Waals surface area contributed by atoms with E-state index in [4.69, 9.17) is 10.2 Å². The Morgan fingerprint density at radius 2 is 2.00 bits per heavy atom. The van der Waals surface area contributed by atoms with Gasteiger partial charge in [0.15, 0.2) is 23.6 Å². The Morgan fingerprint density at radius 1 is 1.31 bits per heavy atom. The van der Waals surface area contributed by atoms with E-state index in [9.17, 15) is 9.59 Å². The Bertz CT molecular complexity index is 343. The van der Waals surface area contributed by atoms with Crippen molar-refractivity contribution in [3.05, 3.63) is 23.8 Å². The fraction of sp³-hybridized carbons (Fsp3) is 0.111. The Kier molecular flexibility index (Phi) is 2.64. The van der Waals surface area contributed by atoms with Crippen molar-refractivity contribution in [1.82, 2.24) is 0 Å². The molecule has 68 valence electrons. The highest BCUT2D eigenvalue weighted by Gasteiger charge is 2.04. The molecule has 0 spiro atoms. The Morgan fingerprint density at radius 3 is 2.54 bits per heavy atom. The molecule has 0 aliphatic rings. The molecule has 1 rings (SSSR count). The van der Waals surface area contributed by atoms with E-state index in [1.165, 1.54) is 18.2 Å². The van der Waals surface area contributed by atoms with Crippen molar-refractivity contribution in [3.8, 4) is 11.5 Å². The SMILES string of the molecule is O=CC(=O)Cc1ccc(O)c(O)c1. The maximum absolute atomic E-state index is 10.7. The molecule has 0 bridgehead atoms. The molecular weight excluding hydrogens is 172 g/mol. The fourth-order valence-electron chi connectivity index (χ4n) is 0.922. The molecule has 0 radical (unpaired) electrons. The molecule has 0 saturated heterocycles. The lowest BCUT2D eigenvalue weighted by Crippen LogP contribution is -2.02. The van der Waals surface area contributed by atoms with Gasteiger partial charge in [-0.05, 0) is 17.7 Å². The maximum atomic E-state index is 10.7. The van der Waals surface area contributed by atoms with Crippen LogP contribution >= 0.6 is 0 Å². The number of benzene rings is 1. The molecule has 0 aliphatic heterocycles. The van der Waals surface area contributed by atoms with Crippen molar-refractivity contribution in [2.75, 3.05) is 0 Å². The largest absolute Gasteiger partial charge is 0.504 e. The van der Waals surface area contributed by atoms with E-state index in [0.717, 1.165) is 0 Å². The van der Waals surface area contributed by atoms with Crippen LogP contribution in [0.15, 0.2) is 18.2 Å². The van der Waals surface area contributed by atoms with Gasteiger partial charge in [0.1, 0.15) is 0 Å². The van der Waals surface area contributed by atoms with Crippen LogP contribution in [0.25, 0.3) is 0 Å². The smallest absolute Gasteiger partial charge is 0.199 e. The van der Waals surface area contributed by atoms with Gasteiger partial charge in [0, 0.05) is 6.42 Å². The van der Waals surface area contributed by atoms with Crippen molar-refractivity contribution in [3.63, 3.8) is 0 Å². The first-order valence-corrected chi connectivity index (χ1v) is 3.62. The summed E-state index contributed by atoms with van der Waals surface area (Å²) in [4.78, 5) is 20.7. The van der Waals surface area contributed by atoms with Crippen LogP contribution in [0.5, 0.6) is 11.5 Å². The number of phenolic OH excluding ortho intramolecular Hbond substituents is 2. The summed E-state index contributed by atoms with van der Waals surface area (Å²) in [7, 11) is 0. The van der Waals surface area contributed by atoms with Gasteiger partial charge in [0.25, 0.3) is 0 Å². The minimum atomic E-state index is -0.565. The summed E-state index contributed by atoms with van der Waals surface area (Å²) < 4.78 is 0. The maximum Gasteiger partial charge on any atom is 0.199 e. The van der Waals surface area contributed by atoms with Gasteiger partial charge in [0.2, 0.25) is 0 Å². The van der Waals surface area contributed by atoms with Crippen LogP contribution in [0.3, 0.4) is 0 Å². The molecule has 0 aliphatic carbocycles. The number of carbonyl (C=O) groups excluding carboxylic acids is 2. The summed E-state index contributed by atoms with van der Waals surface area (Å²) in [6, 6.07) is 3.98. The zero-order valence-corrected chi connectivity index (χ0v) is 6.73. The first-order valence-electron chi connectivity index (χ1n) is 3.62. The molecule has 0 amide bonds. The average molecular weight is 180 g/mol. The summed E-state index contributed by atoms with van der Waals surface area (Å²) >= 11 is 0. The average Bonchev–Trinajstić information content (AvgIpc) is 2.11. The Balaban J connectivity index is 2.85. The Labute approximate surface area is 74.4 Å². The minimum absolute atomic E-state index is 0.0582. The molecule has 0 saturated carbocycles. The first kappa shape index (κ1) is 9.25. The van der Waals surface area contributed by atoms with Crippen LogP contribution in [0.4, 0.5) is 0 Å². The van der Waals surface area contributed by atoms with E-state index < -0.39 is 5.78 Å². The van der Waals surface area contributed by atoms with Crippen LogP contribution in [0, 0.1) is 0 Å². The molecule has 13 heavy (non-hydrogen) atoms. The quantitative estimate of drug-likeness (QED) is 0.401. The summed E-state index contributed by atoms with van der Waals surface area (Å²) in [6.07, 6.45) is 0.168. The molecule has 2 N–H and O–H groups in total. The van der Waals surface area contributed by atoms with Crippen molar-refractivity contribution in [1.29, 1.82) is 0 Å². The highest BCUT2D eigenvalue weighted by Crippen LogP contribution is 2.24. The fourth-order valence-corrected chi connectivity index (χ4v) is 0.922. The lowest BCUT2D eigenvalue weighted by molar-refractivity contribution is -0.129. The summed E-state index contributed by atoms with van der Waals surface area (Å²) in [5.74, 6) is -1.11. The van der Waals surface area contributed by atoms with Gasteiger partial charge in [-0.15, -0.1) is 0 Å². The third kappa shape index (κ3) is 2.30. The van der Waals surface area contributed by atoms with Crippen LogP contribution in [0.1, 0.15) is 5.56 Å². The normalized spacial score (nSPS) is 9.54. The highest BCUT2D eigenvalue weighted by molar-refractivity contribution is 6.25. The van der Waals surface area contributed by atoms with Crippen molar-refractivity contribution in [2.24, 2.45) is 0 Å². The predicted octanol–water partition coefficient (Wildman–Crippen LogP) is 0.408. The topological polar surface area (TPSA) is 74.6 Å². The first-order chi connectivity index (χ1) is 6.13. The van der Waals surface area contributed by atoms with Gasteiger partial charge in [-0.25, -0.2) is 0 Å². The second kappa shape index (κ2) is 3.71. The van der Waals surface area contributed by atoms with Crippen LogP contribution in [-0.4, -0.2) is 22.3 Å². The van der Waals surface area contributed by atoms with E-state index in [0.29, 0.717) is 5.56 Å². The standard InChI is InChI=1S/C9H8O4/c10-5-7(11)3-6-1-2-8(12)9(13)4-6/h1-2,4-5,12-13H,3H2. The number of aromatic hydroxyl groups is 2. The summed E-state index contributed by atoms with van der Waals surface area (Å²) in [6.45, 7) is 0. The zero-order valence-electron chi connectivity index (χ0n) is 6.73. The van der Waals surface area contributed by atoms with E-state index in [-0.39, 0.29) is 24.2 Å². The molecule has 1 aromatic carbocycles. The van der Waals surface area contributed by atoms with Crippen LogP contribution in [-0.2, 0) is 16.0 Å². The second-order valence-corrected chi connectivity index (χ2v) is 2.58. The van der Waals surface area contributed by atoms with Gasteiger partial charge < -0.3 is 10.2 Å². The number of aldehydes is 1. The molecule has 0 fully saturated rings. The number of hydrogen-bond donors (Lipinski definition) is 2. The third-order valence-electron chi connectivity index (χ3n) is 1.55.